The molecular formula is C10H11IOS. The Morgan fingerprint density at radius 2 is 2.23 bits per heavy atom. The minimum atomic E-state index is 0.222. The maximum absolute atomic E-state index is 11.0. The first kappa shape index (κ1) is 11.0. The van der Waals surface area contributed by atoms with Crippen LogP contribution in [0.2, 0.25) is 0 Å². The van der Waals surface area contributed by atoms with E-state index in [1.807, 2.05) is 18.4 Å². The lowest BCUT2D eigenvalue weighted by atomic mass is 10.1. The van der Waals surface area contributed by atoms with Gasteiger partial charge < -0.3 is 0 Å². The Labute approximate surface area is 96.4 Å². The van der Waals surface area contributed by atoms with E-state index >= 15 is 0 Å². The highest BCUT2D eigenvalue weighted by Crippen LogP contribution is 2.25. The van der Waals surface area contributed by atoms with E-state index in [1.54, 1.807) is 18.7 Å². The second-order valence-corrected chi connectivity index (χ2v) is 4.81. The van der Waals surface area contributed by atoms with E-state index in [2.05, 4.69) is 28.7 Å². The first-order valence-corrected chi connectivity index (χ1v) is 6.26. The summed E-state index contributed by atoms with van der Waals surface area (Å²) < 4.78 is 1.18. The summed E-state index contributed by atoms with van der Waals surface area (Å²) in [5.41, 5.74) is 1.17. The van der Waals surface area contributed by atoms with Crippen LogP contribution in [0.3, 0.4) is 0 Å². The molecule has 0 bridgehead atoms. The van der Waals surface area contributed by atoms with E-state index in [-0.39, 0.29) is 5.78 Å². The first-order valence-electron chi connectivity index (χ1n) is 3.96. The van der Waals surface area contributed by atoms with Crippen molar-refractivity contribution in [1.82, 2.24) is 0 Å². The minimum Gasteiger partial charge on any atom is -0.300 e. The van der Waals surface area contributed by atoms with Gasteiger partial charge in [-0.2, -0.15) is 0 Å². The molecular weight excluding hydrogens is 295 g/mol. The molecule has 1 aromatic rings. The van der Waals surface area contributed by atoms with E-state index < -0.39 is 0 Å². The summed E-state index contributed by atoms with van der Waals surface area (Å²) in [4.78, 5) is 12.2. The average molecular weight is 306 g/mol. The molecule has 0 aromatic heterocycles. The second kappa shape index (κ2) is 5.00. The molecule has 1 nitrogen and oxygen atoms in total. The van der Waals surface area contributed by atoms with Gasteiger partial charge in [0.25, 0.3) is 0 Å². The van der Waals surface area contributed by atoms with Gasteiger partial charge in [0.2, 0.25) is 0 Å². The normalized spacial score (nSPS) is 10.1. The van der Waals surface area contributed by atoms with Crippen LogP contribution in [0.4, 0.5) is 0 Å². The van der Waals surface area contributed by atoms with Gasteiger partial charge >= 0.3 is 0 Å². The summed E-state index contributed by atoms with van der Waals surface area (Å²) in [6.07, 6.45) is 2.59. The predicted octanol–water partition coefficient (Wildman–Crippen LogP) is 3.14. The van der Waals surface area contributed by atoms with Crippen molar-refractivity contribution in [2.75, 3.05) is 6.26 Å². The van der Waals surface area contributed by atoms with Crippen LogP contribution in [0.1, 0.15) is 12.5 Å². The molecule has 1 aromatic carbocycles. The summed E-state index contributed by atoms with van der Waals surface area (Å²) in [6, 6.07) is 6.13. The van der Waals surface area contributed by atoms with Crippen LogP contribution in [0.25, 0.3) is 0 Å². The topological polar surface area (TPSA) is 17.1 Å². The van der Waals surface area contributed by atoms with Gasteiger partial charge in [0.1, 0.15) is 5.78 Å². The fourth-order valence-electron chi connectivity index (χ4n) is 1.15. The predicted molar refractivity (Wildman–Crippen MR) is 65.3 cm³/mol. The number of halogens is 1. The summed E-state index contributed by atoms with van der Waals surface area (Å²) in [7, 11) is 0. The standard InChI is InChI=1S/C10H11IOS/c1-7(12)6-8-9(11)4-3-5-10(8)13-2/h3-5H,6H2,1-2H3. The third-order valence-corrected chi connectivity index (χ3v) is 3.55. The summed E-state index contributed by atoms with van der Waals surface area (Å²) in [5, 5.41) is 0. The van der Waals surface area contributed by atoms with Gasteiger partial charge in [-0.1, -0.05) is 6.07 Å². The smallest absolute Gasteiger partial charge is 0.134 e. The van der Waals surface area contributed by atoms with Gasteiger partial charge in [-0.05, 0) is 53.5 Å². The number of thioether (sulfide) groups is 1. The lowest BCUT2D eigenvalue weighted by molar-refractivity contribution is -0.116. The van der Waals surface area contributed by atoms with Gasteiger partial charge in [-0.3, -0.25) is 4.79 Å². The molecule has 0 aliphatic rings. The van der Waals surface area contributed by atoms with E-state index in [0.29, 0.717) is 6.42 Å². The van der Waals surface area contributed by atoms with Crippen molar-refractivity contribution < 1.29 is 4.79 Å². The van der Waals surface area contributed by atoms with Gasteiger partial charge in [0.05, 0.1) is 0 Å². The van der Waals surface area contributed by atoms with Gasteiger partial charge in [-0.15, -0.1) is 11.8 Å². The number of hydrogen-bond acceptors (Lipinski definition) is 2. The van der Waals surface area contributed by atoms with E-state index in [0.717, 1.165) is 0 Å². The maximum atomic E-state index is 11.0. The Balaban J connectivity index is 3.07. The van der Waals surface area contributed by atoms with Crippen molar-refractivity contribution in [3.63, 3.8) is 0 Å². The highest BCUT2D eigenvalue weighted by Gasteiger charge is 2.07. The third-order valence-electron chi connectivity index (χ3n) is 1.72. The molecule has 0 amide bonds. The van der Waals surface area contributed by atoms with Gasteiger partial charge in [-0.25, -0.2) is 0 Å². The van der Waals surface area contributed by atoms with Crippen molar-refractivity contribution in [1.29, 1.82) is 0 Å². The van der Waals surface area contributed by atoms with Crippen LogP contribution in [-0.2, 0) is 11.2 Å². The van der Waals surface area contributed by atoms with Crippen molar-refractivity contribution >= 4 is 40.1 Å². The molecule has 1 rings (SSSR count). The Morgan fingerprint density at radius 3 is 2.77 bits per heavy atom. The van der Waals surface area contributed by atoms with Crippen LogP contribution in [0.5, 0.6) is 0 Å². The summed E-state index contributed by atoms with van der Waals surface area (Å²) in [6.45, 7) is 1.63. The fourth-order valence-corrected chi connectivity index (χ4v) is 2.67. The Bertz CT molecular complexity index is 323. The number of ketones is 1. The molecule has 0 fully saturated rings. The van der Waals surface area contributed by atoms with Crippen molar-refractivity contribution in [3.05, 3.63) is 27.3 Å². The Hall–Kier alpha value is -0.0300. The summed E-state index contributed by atoms with van der Waals surface area (Å²) in [5.74, 6) is 0.222. The molecule has 0 atom stereocenters. The number of rotatable bonds is 3. The first-order chi connectivity index (χ1) is 6.15. The number of hydrogen-bond donors (Lipinski definition) is 0. The van der Waals surface area contributed by atoms with Gasteiger partial charge in [0.15, 0.2) is 0 Å². The molecule has 0 N–H and O–H groups in total. The lowest BCUT2D eigenvalue weighted by Gasteiger charge is -2.07. The molecule has 70 valence electrons. The van der Waals surface area contributed by atoms with E-state index in [4.69, 9.17) is 0 Å². The second-order valence-electron chi connectivity index (χ2n) is 2.80. The lowest BCUT2D eigenvalue weighted by Crippen LogP contribution is -2.00. The van der Waals surface area contributed by atoms with E-state index in [1.165, 1.54) is 14.0 Å². The largest absolute Gasteiger partial charge is 0.300 e. The van der Waals surface area contributed by atoms with E-state index in [9.17, 15) is 4.79 Å². The maximum Gasteiger partial charge on any atom is 0.134 e. The zero-order chi connectivity index (χ0) is 9.84. The van der Waals surface area contributed by atoms with Crippen molar-refractivity contribution in [3.8, 4) is 0 Å². The Morgan fingerprint density at radius 1 is 1.54 bits per heavy atom. The molecule has 0 saturated carbocycles. The molecule has 0 heterocycles. The van der Waals surface area contributed by atoms with Crippen molar-refractivity contribution in [2.24, 2.45) is 0 Å². The number of carbonyl (C=O) groups excluding carboxylic acids is 1. The highest BCUT2D eigenvalue weighted by atomic mass is 127. The zero-order valence-corrected chi connectivity index (χ0v) is 10.6. The van der Waals surface area contributed by atoms with Crippen LogP contribution in [0, 0.1) is 3.57 Å². The number of carbonyl (C=O) groups is 1. The molecule has 13 heavy (non-hydrogen) atoms. The van der Waals surface area contributed by atoms with Crippen LogP contribution >= 0.6 is 34.4 Å². The van der Waals surface area contributed by atoms with Crippen LogP contribution < -0.4 is 0 Å². The molecule has 0 saturated heterocycles. The van der Waals surface area contributed by atoms with Gasteiger partial charge in [0, 0.05) is 14.9 Å². The molecule has 0 spiro atoms. The van der Waals surface area contributed by atoms with Crippen molar-refractivity contribution in [2.45, 2.75) is 18.2 Å². The highest BCUT2D eigenvalue weighted by molar-refractivity contribution is 14.1. The zero-order valence-electron chi connectivity index (χ0n) is 7.63. The molecule has 0 unspecified atom stereocenters. The summed E-state index contributed by atoms with van der Waals surface area (Å²) >= 11 is 3.97. The molecule has 3 heteroatoms. The van der Waals surface area contributed by atoms with Crippen LogP contribution in [-0.4, -0.2) is 12.0 Å². The SMILES string of the molecule is CSc1cccc(I)c1CC(C)=O. The van der Waals surface area contributed by atoms with Crippen LogP contribution in [0.15, 0.2) is 23.1 Å². The number of benzene rings is 1. The monoisotopic (exact) mass is 306 g/mol. The fraction of sp³-hybridized carbons (Fsp3) is 0.300. The molecule has 0 aliphatic carbocycles. The molecule has 0 aliphatic heterocycles. The minimum absolute atomic E-state index is 0.222. The number of Topliss-reactive ketones (excluding diaryl/α,β-unsaturated/α-hetero) is 1. The third kappa shape index (κ3) is 2.98. The quantitative estimate of drug-likeness (QED) is 0.630. The molecule has 0 radical (unpaired) electrons. The Kier molecular flexibility index (Phi) is 4.25. The average Bonchev–Trinajstić information content (AvgIpc) is 2.08.